The molecule has 0 amide bonds. The van der Waals surface area contributed by atoms with Crippen molar-refractivity contribution in [3.63, 3.8) is 0 Å². The van der Waals surface area contributed by atoms with E-state index in [0.717, 1.165) is 12.8 Å². The molecule has 3 aromatic rings. The fraction of sp³-hybridized carbons (Fsp3) is 0.100. The molecule has 20 heavy (non-hydrogen) atoms. The molecule has 98 valence electrons. The van der Waals surface area contributed by atoms with E-state index in [2.05, 4.69) is 73.3 Å². The van der Waals surface area contributed by atoms with Crippen LogP contribution in [-0.2, 0) is 6.42 Å². The molecule has 0 aromatic heterocycles. The Morgan fingerprint density at radius 3 is 2.30 bits per heavy atom. The maximum absolute atomic E-state index is 4.22. The first kappa shape index (κ1) is 12.7. The number of allylic oxidation sites excluding steroid dienone is 1. The second-order valence-electron chi connectivity index (χ2n) is 5.11. The molecule has 0 aliphatic heterocycles. The van der Waals surface area contributed by atoms with Gasteiger partial charge in [-0.25, -0.2) is 0 Å². The first-order chi connectivity index (χ1) is 9.84. The Morgan fingerprint density at radius 1 is 0.750 bits per heavy atom. The summed E-state index contributed by atoms with van der Waals surface area (Å²) in [5.74, 6) is 0. The van der Waals surface area contributed by atoms with Crippen molar-refractivity contribution in [3.8, 4) is 0 Å². The first-order valence-corrected chi connectivity index (χ1v) is 7.04. The quantitative estimate of drug-likeness (QED) is 0.580. The standard InChI is InChI=1S/C20H18/c1-16(17-8-3-2-4-9-17)14-15-19-12-7-11-18-10-5-6-13-20(18)19/h2-13H,1,14-15H2. The van der Waals surface area contributed by atoms with Crippen LogP contribution in [0.2, 0.25) is 0 Å². The van der Waals surface area contributed by atoms with Crippen LogP contribution in [0.4, 0.5) is 0 Å². The van der Waals surface area contributed by atoms with Gasteiger partial charge in [-0.1, -0.05) is 79.4 Å². The summed E-state index contributed by atoms with van der Waals surface area (Å²) in [4.78, 5) is 0. The molecular formula is C20H18. The zero-order valence-corrected chi connectivity index (χ0v) is 11.5. The third kappa shape index (κ3) is 2.65. The molecule has 0 heterocycles. The third-order valence-corrected chi connectivity index (χ3v) is 3.76. The monoisotopic (exact) mass is 258 g/mol. The molecule has 0 nitrogen and oxygen atoms in total. The van der Waals surface area contributed by atoms with Crippen molar-refractivity contribution in [1.29, 1.82) is 0 Å². The van der Waals surface area contributed by atoms with Crippen molar-refractivity contribution >= 4 is 16.3 Å². The van der Waals surface area contributed by atoms with E-state index in [-0.39, 0.29) is 0 Å². The summed E-state index contributed by atoms with van der Waals surface area (Å²) in [6.07, 6.45) is 2.03. The van der Waals surface area contributed by atoms with E-state index in [1.54, 1.807) is 0 Å². The molecule has 0 atom stereocenters. The van der Waals surface area contributed by atoms with Gasteiger partial charge in [-0.05, 0) is 40.3 Å². The van der Waals surface area contributed by atoms with Gasteiger partial charge in [-0.3, -0.25) is 0 Å². The second-order valence-corrected chi connectivity index (χ2v) is 5.11. The lowest BCUT2D eigenvalue weighted by atomic mass is 9.96. The second kappa shape index (κ2) is 5.75. The minimum absolute atomic E-state index is 0.998. The van der Waals surface area contributed by atoms with Crippen LogP contribution < -0.4 is 0 Å². The minimum atomic E-state index is 0.998. The van der Waals surface area contributed by atoms with Gasteiger partial charge < -0.3 is 0 Å². The highest BCUT2D eigenvalue weighted by molar-refractivity contribution is 5.85. The predicted octanol–water partition coefficient (Wildman–Crippen LogP) is 5.49. The largest absolute Gasteiger partial charge is 0.0952 e. The molecule has 0 aliphatic carbocycles. The molecule has 0 heteroatoms. The van der Waals surface area contributed by atoms with Crippen LogP contribution in [-0.4, -0.2) is 0 Å². The molecule has 0 spiro atoms. The number of hydrogen-bond donors (Lipinski definition) is 0. The number of aryl methyl sites for hydroxylation is 1. The molecule has 0 aliphatic rings. The van der Waals surface area contributed by atoms with Gasteiger partial charge in [0.25, 0.3) is 0 Å². The lowest BCUT2D eigenvalue weighted by molar-refractivity contribution is 1.03. The van der Waals surface area contributed by atoms with Gasteiger partial charge in [-0.2, -0.15) is 0 Å². The molecule has 0 saturated heterocycles. The average molecular weight is 258 g/mol. The molecule has 0 saturated carbocycles. The Bertz CT molecular complexity index is 718. The van der Waals surface area contributed by atoms with E-state index in [0.29, 0.717) is 0 Å². The number of hydrogen-bond acceptors (Lipinski definition) is 0. The van der Waals surface area contributed by atoms with Crippen LogP contribution in [0.5, 0.6) is 0 Å². The highest BCUT2D eigenvalue weighted by Crippen LogP contribution is 2.23. The smallest absolute Gasteiger partial charge is 0.0152 e. The normalized spacial score (nSPS) is 10.6. The lowest BCUT2D eigenvalue weighted by Gasteiger charge is -2.09. The van der Waals surface area contributed by atoms with E-state index >= 15 is 0 Å². The lowest BCUT2D eigenvalue weighted by Crippen LogP contribution is -1.90. The van der Waals surface area contributed by atoms with Crippen molar-refractivity contribution in [3.05, 3.63) is 90.5 Å². The fourth-order valence-electron chi connectivity index (χ4n) is 2.61. The Labute approximate surface area is 120 Å². The van der Waals surface area contributed by atoms with Gasteiger partial charge in [0.2, 0.25) is 0 Å². The van der Waals surface area contributed by atoms with Crippen LogP contribution in [0.25, 0.3) is 16.3 Å². The summed E-state index contributed by atoms with van der Waals surface area (Å²) in [6, 6.07) is 25.6. The molecule has 3 aromatic carbocycles. The highest BCUT2D eigenvalue weighted by Gasteiger charge is 2.03. The van der Waals surface area contributed by atoms with Crippen LogP contribution in [0.3, 0.4) is 0 Å². The Balaban J connectivity index is 1.79. The Kier molecular flexibility index (Phi) is 3.64. The van der Waals surface area contributed by atoms with Crippen molar-refractivity contribution in [2.24, 2.45) is 0 Å². The topological polar surface area (TPSA) is 0 Å². The van der Waals surface area contributed by atoms with Crippen LogP contribution in [0.1, 0.15) is 17.5 Å². The van der Waals surface area contributed by atoms with Crippen molar-refractivity contribution in [2.75, 3.05) is 0 Å². The Morgan fingerprint density at radius 2 is 1.45 bits per heavy atom. The summed E-state index contributed by atoms with van der Waals surface area (Å²) in [6.45, 7) is 4.22. The van der Waals surface area contributed by atoms with Gasteiger partial charge >= 0.3 is 0 Å². The fourth-order valence-corrected chi connectivity index (χ4v) is 2.61. The van der Waals surface area contributed by atoms with Crippen LogP contribution in [0.15, 0.2) is 79.4 Å². The van der Waals surface area contributed by atoms with Crippen molar-refractivity contribution in [2.45, 2.75) is 12.8 Å². The maximum Gasteiger partial charge on any atom is -0.0152 e. The van der Waals surface area contributed by atoms with Gasteiger partial charge in [0.05, 0.1) is 0 Å². The van der Waals surface area contributed by atoms with E-state index in [1.165, 1.54) is 27.5 Å². The van der Waals surface area contributed by atoms with E-state index in [9.17, 15) is 0 Å². The predicted molar refractivity (Wildman–Crippen MR) is 87.7 cm³/mol. The first-order valence-electron chi connectivity index (χ1n) is 7.04. The van der Waals surface area contributed by atoms with Crippen molar-refractivity contribution in [1.82, 2.24) is 0 Å². The van der Waals surface area contributed by atoms with E-state index in [4.69, 9.17) is 0 Å². The van der Waals surface area contributed by atoms with Crippen LogP contribution >= 0.6 is 0 Å². The van der Waals surface area contributed by atoms with Crippen LogP contribution in [0, 0.1) is 0 Å². The maximum atomic E-state index is 4.22. The number of fused-ring (bicyclic) bond motifs is 1. The van der Waals surface area contributed by atoms with Gasteiger partial charge in [0.1, 0.15) is 0 Å². The zero-order valence-electron chi connectivity index (χ0n) is 11.5. The molecule has 0 N–H and O–H groups in total. The van der Waals surface area contributed by atoms with Gasteiger partial charge in [0.15, 0.2) is 0 Å². The number of rotatable bonds is 4. The molecular weight excluding hydrogens is 240 g/mol. The average Bonchev–Trinajstić information content (AvgIpc) is 2.53. The van der Waals surface area contributed by atoms with Gasteiger partial charge in [-0.15, -0.1) is 0 Å². The van der Waals surface area contributed by atoms with E-state index in [1.807, 2.05) is 6.07 Å². The molecule has 0 bridgehead atoms. The summed E-state index contributed by atoms with van der Waals surface area (Å²) in [5.41, 5.74) is 3.85. The minimum Gasteiger partial charge on any atom is -0.0952 e. The molecule has 0 fully saturated rings. The highest BCUT2D eigenvalue weighted by atomic mass is 14.1. The molecule has 3 rings (SSSR count). The summed E-state index contributed by atoms with van der Waals surface area (Å²) < 4.78 is 0. The Hall–Kier alpha value is -2.34. The van der Waals surface area contributed by atoms with E-state index < -0.39 is 0 Å². The summed E-state index contributed by atoms with van der Waals surface area (Å²) in [7, 11) is 0. The molecule has 0 unspecified atom stereocenters. The van der Waals surface area contributed by atoms with Gasteiger partial charge in [0, 0.05) is 0 Å². The zero-order chi connectivity index (χ0) is 13.8. The summed E-state index contributed by atoms with van der Waals surface area (Å²) >= 11 is 0. The number of benzene rings is 3. The molecule has 0 radical (unpaired) electrons. The SMILES string of the molecule is C=C(CCc1cccc2ccccc12)c1ccccc1. The summed E-state index contributed by atoms with van der Waals surface area (Å²) in [5, 5.41) is 2.67. The van der Waals surface area contributed by atoms with Crippen molar-refractivity contribution < 1.29 is 0 Å². The third-order valence-electron chi connectivity index (χ3n) is 3.76.